The first kappa shape index (κ1) is 38.5. The molecule has 0 saturated heterocycles. The molecule has 0 aromatic heterocycles. The zero-order valence-corrected chi connectivity index (χ0v) is 30.4. The SMILES string of the molecule is CC(C)CC[C@H](O)C(=O)NN(Cc1ccccc1)C(=O)[C@H](CC1=CN(C(=O)[C@H](C)N)CN1c1cccc2ccccc12)NC(=O)OCc1ccccc1. The normalized spacial score (nSPS) is 14.3. The van der Waals surface area contributed by atoms with Crippen molar-refractivity contribution >= 4 is 40.3 Å². The monoisotopic (exact) mass is 720 g/mol. The Morgan fingerprint density at radius 1 is 0.849 bits per heavy atom. The van der Waals surface area contributed by atoms with Crippen LogP contribution < -0.4 is 21.4 Å². The van der Waals surface area contributed by atoms with Crippen LogP contribution >= 0.6 is 0 Å². The highest BCUT2D eigenvalue weighted by Gasteiger charge is 2.35. The number of aliphatic hydroxyl groups is 1. The van der Waals surface area contributed by atoms with Gasteiger partial charge in [0.1, 0.15) is 25.4 Å². The van der Waals surface area contributed by atoms with Gasteiger partial charge in [0.15, 0.2) is 0 Å². The van der Waals surface area contributed by atoms with E-state index in [1.165, 1.54) is 4.90 Å². The van der Waals surface area contributed by atoms with E-state index in [9.17, 15) is 24.3 Å². The highest BCUT2D eigenvalue weighted by Crippen LogP contribution is 2.34. The summed E-state index contributed by atoms with van der Waals surface area (Å²) in [6.45, 7) is 5.61. The third-order valence-corrected chi connectivity index (χ3v) is 8.91. The lowest BCUT2D eigenvalue weighted by Crippen LogP contribution is -2.56. The molecule has 0 radical (unpaired) electrons. The van der Waals surface area contributed by atoms with Crippen molar-refractivity contribution in [2.24, 2.45) is 11.7 Å². The van der Waals surface area contributed by atoms with Crippen molar-refractivity contribution in [3.8, 4) is 0 Å². The fourth-order valence-corrected chi connectivity index (χ4v) is 6.04. The molecule has 3 atom stereocenters. The Kier molecular flexibility index (Phi) is 13.2. The van der Waals surface area contributed by atoms with Crippen molar-refractivity contribution in [1.82, 2.24) is 20.7 Å². The van der Waals surface area contributed by atoms with Gasteiger partial charge in [-0.2, -0.15) is 0 Å². The summed E-state index contributed by atoms with van der Waals surface area (Å²) in [6, 6.07) is 29.8. The van der Waals surface area contributed by atoms with Gasteiger partial charge >= 0.3 is 6.09 Å². The molecule has 5 N–H and O–H groups in total. The van der Waals surface area contributed by atoms with Gasteiger partial charge in [-0.15, -0.1) is 0 Å². The fraction of sp³-hybridized carbons (Fsp3) is 0.317. The summed E-state index contributed by atoms with van der Waals surface area (Å²) < 4.78 is 5.54. The van der Waals surface area contributed by atoms with Gasteiger partial charge in [-0.3, -0.25) is 24.7 Å². The number of nitrogens with one attached hydrogen (secondary N) is 2. The summed E-state index contributed by atoms with van der Waals surface area (Å²) in [5.74, 6) is -1.47. The Labute approximate surface area is 310 Å². The number of hydrazine groups is 1. The van der Waals surface area contributed by atoms with E-state index in [2.05, 4.69) is 10.7 Å². The lowest BCUT2D eigenvalue weighted by Gasteiger charge is -2.31. The summed E-state index contributed by atoms with van der Waals surface area (Å²) in [5.41, 5.74) is 11.4. The lowest BCUT2D eigenvalue weighted by atomic mass is 10.0. The molecule has 12 nitrogen and oxygen atoms in total. The molecule has 0 bridgehead atoms. The molecule has 1 aliphatic rings. The van der Waals surface area contributed by atoms with Crippen molar-refractivity contribution in [3.63, 3.8) is 0 Å². The maximum atomic E-state index is 14.7. The Bertz CT molecular complexity index is 1900. The third-order valence-electron chi connectivity index (χ3n) is 8.91. The van der Waals surface area contributed by atoms with E-state index in [0.717, 1.165) is 27.0 Å². The van der Waals surface area contributed by atoms with Crippen LogP contribution in [0.3, 0.4) is 0 Å². The molecule has 1 aliphatic heterocycles. The van der Waals surface area contributed by atoms with Crippen molar-refractivity contribution in [2.75, 3.05) is 11.6 Å². The predicted octanol–water partition coefficient (Wildman–Crippen LogP) is 5.18. The van der Waals surface area contributed by atoms with E-state index in [4.69, 9.17) is 10.5 Å². The molecule has 12 heteroatoms. The van der Waals surface area contributed by atoms with Crippen LogP contribution in [0.15, 0.2) is 115 Å². The van der Waals surface area contributed by atoms with Gasteiger partial charge in [0, 0.05) is 23.7 Å². The molecule has 1 heterocycles. The lowest BCUT2D eigenvalue weighted by molar-refractivity contribution is -0.147. The number of carbonyl (C=O) groups is 4. The summed E-state index contributed by atoms with van der Waals surface area (Å²) in [5, 5.41) is 16.5. The standard InChI is InChI=1S/C41H48N6O6/c1-28(2)21-22-37(48)38(49)44-47(24-30-13-6-4-7-14-30)40(51)35(43-41(52)53-26-31-15-8-5-9-16-31)23-33-25-45(39(50)29(3)42)27-46(33)36-20-12-18-32-17-10-11-19-34(32)36/h4-20,25,28-29,35,37,48H,21-24,26-27,42H2,1-3H3,(H,43,52)(H,44,49)/t29-,35-,37-/m0/s1. The quantitative estimate of drug-likeness (QED) is 0.130. The van der Waals surface area contributed by atoms with Crippen molar-refractivity contribution in [1.29, 1.82) is 0 Å². The minimum Gasteiger partial charge on any atom is -0.445 e. The molecular weight excluding hydrogens is 672 g/mol. The van der Waals surface area contributed by atoms with Gasteiger partial charge < -0.3 is 25.8 Å². The number of carbonyl (C=O) groups excluding carboxylic acids is 4. The first-order valence-electron chi connectivity index (χ1n) is 17.8. The average Bonchev–Trinajstić information content (AvgIpc) is 3.58. The Balaban J connectivity index is 1.50. The molecule has 278 valence electrons. The summed E-state index contributed by atoms with van der Waals surface area (Å²) in [7, 11) is 0. The molecular formula is C41H48N6O6. The van der Waals surface area contributed by atoms with Gasteiger partial charge in [-0.25, -0.2) is 9.80 Å². The Hall–Kier alpha value is -5.72. The smallest absolute Gasteiger partial charge is 0.408 e. The first-order chi connectivity index (χ1) is 25.5. The number of nitrogens with zero attached hydrogens (tertiary/aromatic N) is 3. The van der Waals surface area contributed by atoms with Gasteiger partial charge in [0.05, 0.1) is 18.3 Å². The van der Waals surface area contributed by atoms with E-state index < -0.39 is 36.1 Å². The number of benzene rings is 4. The Morgan fingerprint density at radius 2 is 1.49 bits per heavy atom. The van der Waals surface area contributed by atoms with Crippen LogP contribution in [0.1, 0.15) is 51.2 Å². The van der Waals surface area contributed by atoms with Crippen LogP contribution in [-0.4, -0.2) is 63.7 Å². The van der Waals surface area contributed by atoms with Crippen LogP contribution in [-0.2, 0) is 32.3 Å². The van der Waals surface area contributed by atoms with Gasteiger partial charge in [0.2, 0.25) is 5.91 Å². The summed E-state index contributed by atoms with van der Waals surface area (Å²) in [6.07, 6.45) is 0.147. The van der Waals surface area contributed by atoms with E-state index in [-0.39, 0.29) is 44.5 Å². The highest BCUT2D eigenvalue weighted by molar-refractivity contribution is 5.96. The summed E-state index contributed by atoms with van der Waals surface area (Å²) in [4.78, 5) is 58.0. The van der Waals surface area contributed by atoms with Gasteiger partial charge in [-0.05, 0) is 48.3 Å². The van der Waals surface area contributed by atoms with Crippen LogP contribution in [0.5, 0.6) is 0 Å². The number of anilines is 1. The van der Waals surface area contributed by atoms with Crippen LogP contribution in [0, 0.1) is 5.92 Å². The maximum absolute atomic E-state index is 14.7. The zero-order valence-electron chi connectivity index (χ0n) is 30.4. The molecule has 0 spiro atoms. The minimum atomic E-state index is -1.36. The van der Waals surface area contributed by atoms with E-state index in [0.29, 0.717) is 17.7 Å². The number of nitrogens with two attached hydrogens (primary N) is 1. The van der Waals surface area contributed by atoms with Gasteiger partial charge in [0.25, 0.3) is 11.8 Å². The zero-order chi connectivity index (χ0) is 37.9. The number of alkyl carbamates (subject to hydrolysis) is 1. The molecule has 0 saturated carbocycles. The van der Waals surface area contributed by atoms with Crippen LogP contribution in [0.25, 0.3) is 10.8 Å². The fourth-order valence-electron chi connectivity index (χ4n) is 6.04. The number of hydrogen-bond donors (Lipinski definition) is 4. The number of amides is 4. The van der Waals surface area contributed by atoms with Crippen LogP contribution in [0.4, 0.5) is 10.5 Å². The molecule has 0 aliphatic carbocycles. The molecule has 0 unspecified atom stereocenters. The number of fused-ring (bicyclic) bond motifs is 1. The number of rotatable bonds is 14. The second kappa shape index (κ2) is 18.2. The highest BCUT2D eigenvalue weighted by atomic mass is 16.5. The topological polar surface area (TPSA) is 158 Å². The van der Waals surface area contributed by atoms with Crippen molar-refractivity contribution < 1.29 is 29.0 Å². The van der Waals surface area contributed by atoms with E-state index in [1.807, 2.05) is 110 Å². The molecule has 4 aromatic rings. The van der Waals surface area contributed by atoms with Crippen molar-refractivity contribution in [3.05, 3.63) is 126 Å². The largest absolute Gasteiger partial charge is 0.445 e. The molecule has 53 heavy (non-hydrogen) atoms. The average molecular weight is 721 g/mol. The minimum absolute atomic E-state index is 0.0401. The molecule has 5 rings (SSSR count). The molecule has 0 fully saturated rings. The van der Waals surface area contributed by atoms with Crippen molar-refractivity contribution in [2.45, 2.75) is 71.4 Å². The second-order valence-electron chi connectivity index (χ2n) is 13.6. The van der Waals surface area contributed by atoms with E-state index >= 15 is 0 Å². The number of aliphatic hydroxyl groups excluding tert-OH is 1. The summed E-state index contributed by atoms with van der Waals surface area (Å²) >= 11 is 0. The van der Waals surface area contributed by atoms with Crippen LogP contribution in [0.2, 0.25) is 0 Å². The third kappa shape index (κ3) is 10.4. The molecule has 4 amide bonds. The number of hydrogen-bond acceptors (Lipinski definition) is 8. The maximum Gasteiger partial charge on any atom is 0.408 e. The first-order valence-corrected chi connectivity index (χ1v) is 17.8. The second-order valence-corrected chi connectivity index (χ2v) is 13.6. The van der Waals surface area contributed by atoms with Gasteiger partial charge in [-0.1, -0.05) is 111 Å². The molecule has 4 aromatic carbocycles. The van der Waals surface area contributed by atoms with E-state index in [1.54, 1.807) is 25.3 Å². The Morgan fingerprint density at radius 3 is 2.17 bits per heavy atom. The number of ether oxygens (including phenoxy) is 1. The predicted molar refractivity (Wildman–Crippen MR) is 203 cm³/mol.